The average Bonchev–Trinajstić information content (AvgIpc) is 2.42. The minimum absolute atomic E-state index is 0.782. The number of likely N-dealkylation sites (tertiary alicyclic amines) is 1. The highest BCUT2D eigenvalue weighted by molar-refractivity contribution is 5.45. The Kier molecular flexibility index (Phi) is 5.21. The van der Waals surface area contributed by atoms with E-state index in [1.54, 1.807) is 0 Å². The van der Waals surface area contributed by atoms with Gasteiger partial charge in [-0.15, -0.1) is 0 Å². The minimum Gasteiger partial charge on any atom is -0.359 e. The molecule has 0 bridgehead atoms. The first kappa shape index (κ1) is 13.1. The zero-order valence-electron chi connectivity index (χ0n) is 10.8. The predicted molar refractivity (Wildman–Crippen MR) is 73.1 cm³/mol. The lowest BCUT2D eigenvalue weighted by molar-refractivity contribution is -0.109. The topological polar surface area (TPSA) is 32.3 Å². The summed E-state index contributed by atoms with van der Waals surface area (Å²) in [6.45, 7) is 4.26. The molecule has 0 unspecified atom stereocenters. The number of amides is 1. The van der Waals surface area contributed by atoms with Gasteiger partial charge in [-0.1, -0.05) is 30.3 Å². The van der Waals surface area contributed by atoms with E-state index in [9.17, 15) is 4.79 Å². The van der Waals surface area contributed by atoms with Crippen LogP contribution in [0.1, 0.15) is 24.8 Å². The number of piperidine rings is 1. The van der Waals surface area contributed by atoms with Gasteiger partial charge in [0, 0.05) is 13.1 Å². The second-order valence-corrected chi connectivity index (χ2v) is 5.07. The number of hydrogen-bond acceptors (Lipinski definition) is 2. The third-order valence-electron chi connectivity index (χ3n) is 3.74. The summed E-state index contributed by atoms with van der Waals surface area (Å²) in [6.07, 6.45) is 4.43. The summed E-state index contributed by atoms with van der Waals surface area (Å²) in [5, 5.41) is 2.75. The van der Waals surface area contributed by atoms with Crippen LogP contribution in [0.15, 0.2) is 30.3 Å². The van der Waals surface area contributed by atoms with Gasteiger partial charge in [0.2, 0.25) is 6.41 Å². The summed E-state index contributed by atoms with van der Waals surface area (Å²) in [6, 6.07) is 10.7. The van der Waals surface area contributed by atoms with Gasteiger partial charge in [-0.25, -0.2) is 0 Å². The molecule has 1 aliphatic heterocycles. The van der Waals surface area contributed by atoms with Gasteiger partial charge in [0.25, 0.3) is 0 Å². The Morgan fingerprint density at radius 1 is 1.22 bits per heavy atom. The fourth-order valence-electron chi connectivity index (χ4n) is 2.62. The van der Waals surface area contributed by atoms with E-state index in [-0.39, 0.29) is 0 Å². The van der Waals surface area contributed by atoms with Crippen molar-refractivity contribution in [2.75, 3.05) is 19.6 Å². The minimum atomic E-state index is 0.782. The Hall–Kier alpha value is -1.35. The number of nitrogens with zero attached hydrogens (tertiary/aromatic N) is 1. The van der Waals surface area contributed by atoms with Gasteiger partial charge in [-0.3, -0.25) is 9.69 Å². The van der Waals surface area contributed by atoms with Gasteiger partial charge < -0.3 is 5.32 Å². The molecule has 3 heteroatoms. The van der Waals surface area contributed by atoms with E-state index in [0.717, 1.165) is 31.8 Å². The molecule has 1 aromatic carbocycles. The van der Waals surface area contributed by atoms with Crippen LogP contribution in [0, 0.1) is 5.92 Å². The molecule has 0 aliphatic carbocycles. The lowest BCUT2D eigenvalue weighted by Crippen LogP contribution is -2.34. The molecule has 1 fully saturated rings. The smallest absolute Gasteiger partial charge is 0.207 e. The Labute approximate surface area is 109 Å². The van der Waals surface area contributed by atoms with Crippen LogP contribution in [0.25, 0.3) is 0 Å². The van der Waals surface area contributed by atoms with Crippen molar-refractivity contribution in [3.63, 3.8) is 0 Å². The molecule has 0 spiro atoms. The Balaban J connectivity index is 1.68. The second-order valence-electron chi connectivity index (χ2n) is 5.07. The summed E-state index contributed by atoms with van der Waals surface area (Å²) < 4.78 is 0. The molecule has 2 rings (SSSR count). The first-order valence-electron chi connectivity index (χ1n) is 6.82. The molecule has 0 atom stereocenters. The van der Waals surface area contributed by atoms with E-state index in [0.29, 0.717) is 0 Å². The van der Waals surface area contributed by atoms with Crippen molar-refractivity contribution >= 4 is 6.41 Å². The maximum absolute atomic E-state index is 10.2. The molecule has 0 saturated carbocycles. The van der Waals surface area contributed by atoms with Gasteiger partial charge >= 0.3 is 0 Å². The maximum atomic E-state index is 10.2. The standard InChI is InChI=1S/C15H22N2O/c18-13-16-9-6-14-7-10-17(11-8-14)12-15-4-2-1-3-5-15/h1-5,13-14H,6-12H2,(H,16,18). The maximum Gasteiger partial charge on any atom is 0.207 e. The highest BCUT2D eigenvalue weighted by Crippen LogP contribution is 2.21. The number of carbonyl (C=O) groups is 1. The molecule has 3 nitrogen and oxygen atoms in total. The molecule has 1 saturated heterocycles. The van der Waals surface area contributed by atoms with E-state index in [4.69, 9.17) is 0 Å². The molecule has 1 aliphatic rings. The van der Waals surface area contributed by atoms with Crippen LogP contribution in [0.3, 0.4) is 0 Å². The van der Waals surface area contributed by atoms with Crippen molar-refractivity contribution in [2.24, 2.45) is 5.92 Å². The van der Waals surface area contributed by atoms with E-state index >= 15 is 0 Å². The van der Waals surface area contributed by atoms with Crippen LogP contribution >= 0.6 is 0 Å². The summed E-state index contributed by atoms with van der Waals surface area (Å²) in [4.78, 5) is 12.7. The van der Waals surface area contributed by atoms with E-state index in [2.05, 4.69) is 40.5 Å². The lowest BCUT2D eigenvalue weighted by Gasteiger charge is -2.31. The second kappa shape index (κ2) is 7.17. The van der Waals surface area contributed by atoms with Crippen LogP contribution < -0.4 is 5.32 Å². The van der Waals surface area contributed by atoms with Crippen molar-refractivity contribution in [3.05, 3.63) is 35.9 Å². The van der Waals surface area contributed by atoms with Gasteiger partial charge in [0.05, 0.1) is 0 Å². The van der Waals surface area contributed by atoms with E-state index < -0.39 is 0 Å². The third-order valence-corrected chi connectivity index (χ3v) is 3.74. The molecule has 0 aromatic heterocycles. The SMILES string of the molecule is O=CNCCC1CCN(Cc2ccccc2)CC1. The number of rotatable bonds is 6. The molecule has 1 heterocycles. The molecule has 1 aromatic rings. The summed E-state index contributed by atoms with van der Waals surface area (Å²) >= 11 is 0. The third kappa shape index (κ3) is 4.15. The van der Waals surface area contributed by atoms with Crippen LogP contribution in [0.2, 0.25) is 0 Å². The monoisotopic (exact) mass is 246 g/mol. The Morgan fingerprint density at radius 3 is 2.61 bits per heavy atom. The first-order valence-corrected chi connectivity index (χ1v) is 6.82. The largest absolute Gasteiger partial charge is 0.359 e. The Bertz CT molecular complexity index is 345. The number of benzene rings is 1. The quantitative estimate of drug-likeness (QED) is 0.615. The van der Waals surface area contributed by atoms with Gasteiger partial charge in [0.1, 0.15) is 0 Å². The number of nitrogens with one attached hydrogen (secondary N) is 1. The normalized spacial score (nSPS) is 17.6. The number of carbonyl (C=O) groups excluding carboxylic acids is 1. The van der Waals surface area contributed by atoms with Crippen LogP contribution in [0.4, 0.5) is 0 Å². The van der Waals surface area contributed by atoms with Gasteiger partial charge in [-0.2, -0.15) is 0 Å². The van der Waals surface area contributed by atoms with Gasteiger partial charge in [0.15, 0.2) is 0 Å². The summed E-state index contributed by atoms with van der Waals surface area (Å²) in [5.74, 6) is 0.782. The zero-order chi connectivity index (χ0) is 12.6. The van der Waals surface area contributed by atoms with Crippen molar-refractivity contribution in [1.82, 2.24) is 10.2 Å². The van der Waals surface area contributed by atoms with Crippen LogP contribution in [-0.4, -0.2) is 30.9 Å². The van der Waals surface area contributed by atoms with E-state index in [1.807, 2.05) is 0 Å². The molecule has 98 valence electrons. The molecule has 1 N–H and O–H groups in total. The number of hydrogen-bond donors (Lipinski definition) is 1. The average molecular weight is 246 g/mol. The van der Waals surface area contributed by atoms with Gasteiger partial charge in [-0.05, 0) is 43.8 Å². The molecular formula is C15H22N2O. The van der Waals surface area contributed by atoms with Crippen molar-refractivity contribution in [1.29, 1.82) is 0 Å². The predicted octanol–water partition coefficient (Wildman–Crippen LogP) is 2.03. The lowest BCUT2D eigenvalue weighted by atomic mass is 9.93. The highest BCUT2D eigenvalue weighted by atomic mass is 16.1. The van der Waals surface area contributed by atoms with E-state index in [1.165, 1.54) is 31.5 Å². The van der Waals surface area contributed by atoms with Crippen molar-refractivity contribution < 1.29 is 4.79 Å². The zero-order valence-corrected chi connectivity index (χ0v) is 10.8. The summed E-state index contributed by atoms with van der Waals surface area (Å²) in [7, 11) is 0. The van der Waals surface area contributed by atoms with Crippen molar-refractivity contribution in [3.8, 4) is 0 Å². The van der Waals surface area contributed by atoms with Crippen LogP contribution in [-0.2, 0) is 11.3 Å². The van der Waals surface area contributed by atoms with Crippen molar-refractivity contribution in [2.45, 2.75) is 25.8 Å². The summed E-state index contributed by atoms with van der Waals surface area (Å²) in [5.41, 5.74) is 1.40. The first-order chi connectivity index (χ1) is 8.88. The fraction of sp³-hybridized carbons (Fsp3) is 0.533. The van der Waals surface area contributed by atoms with Crippen LogP contribution in [0.5, 0.6) is 0 Å². The molecule has 18 heavy (non-hydrogen) atoms. The highest BCUT2D eigenvalue weighted by Gasteiger charge is 2.18. The molecular weight excluding hydrogens is 224 g/mol. The Morgan fingerprint density at radius 2 is 1.94 bits per heavy atom. The molecule has 0 radical (unpaired) electrons. The molecule has 1 amide bonds. The fourth-order valence-corrected chi connectivity index (χ4v) is 2.62.